The van der Waals surface area contributed by atoms with Gasteiger partial charge in [0.05, 0.1) is 12.4 Å². The summed E-state index contributed by atoms with van der Waals surface area (Å²) in [7, 11) is -3.57. The molecule has 0 amide bonds. The molecule has 0 aliphatic rings. The van der Waals surface area contributed by atoms with Gasteiger partial charge in [-0.05, 0) is 17.2 Å². The highest BCUT2D eigenvalue weighted by molar-refractivity contribution is 7.88. The molecule has 0 spiro atoms. The lowest BCUT2D eigenvalue weighted by Gasteiger charge is -2.08. The van der Waals surface area contributed by atoms with Gasteiger partial charge in [-0.2, -0.15) is 0 Å². The molecule has 2 aromatic rings. The zero-order chi connectivity index (χ0) is 15.3. The second-order valence-electron chi connectivity index (χ2n) is 4.65. The molecule has 0 aromatic heterocycles. The van der Waals surface area contributed by atoms with E-state index >= 15 is 0 Å². The number of hydrogen-bond acceptors (Lipinski definition) is 3. The minimum Gasteiger partial charge on any atom is -0.392 e. The highest BCUT2D eigenvalue weighted by atomic mass is 32.2. The molecule has 2 aromatic carbocycles. The Labute approximate surface area is 123 Å². The molecule has 0 saturated heterocycles. The van der Waals surface area contributed by atoms with E-state index in [1.807, 2.05) is 0 Å². The number of sulfonamides is 1. The molecule has 2 N–H and O–H groups in total. The van der Waals surface area contributed by atoms with Gasteiger partial charge >= 0.3 is 0 Å². The van der Waals surface area contributed by atoms with E-state index in [0.29, 0.717) is 16.7 Å². The van der Waals surface area contributed by atoms with Crippen LogP contribution < -0.4 is 4.72 Å². The fraction of sp³-hybridized carbons (Fsp3) is 0.200. The molecule has 6 heteroatoms. The van der Waals surface area contributed by atoms with Gasteiger partial charge in [-0.15, -0.1) is 0 Å². The van der Waals surface area contributed by atoms with Crippen molar-refractivity contribution in [3.8, 4) is 0 Å². The SMILES string of the molecule is O=S(=O)(Cc1cccc(CO)c1)NCc1ccccc1F. The summed E-state index contributed by atoms with van der Waals surface area (Å²) in [4.78, 5) is 0. The molecule has 112 valence electrons. The average Bonchev–Trinajstić information content (AvgIpc) is 2.46. The first-order valence-corrected chi connectivity index (χ1v) is 8.05. The maximum absolute atomic E-state index is 13.4. The molecule has 0 atom stereocenters. The lowest BCUT2D eigenvalue weighted by atomic mass is 10.1. The third-order valence-electron chi connectivity index (χ3n) is 2.97. The summed E-state index contributed by atoms with van der Waals surface area (Å²) in [6.45, 7) is -0.231. The molecule has 0 unspecified atom stereocenters. The molecular weight excluding hydrogens is 293 g/mol. The Bertz CT molecular complexity index is 716. The summed E-state index contributed by atoms with van der Waals surface area (Å²) in [5.41, 5.74) is 1.52. The van der Waals surface area contributed by atoms with E-state index < -0.39 is 15.8 Å². The van der Waals surface area contributed by atoms with Crippen LogP contribution in [-0.4, -0.2) is 13.5 Å². The normalized spacial score (nSPS) is 11.5. The zero-order valence-corrected chi connectivity index (χ0v) is 12.1. The van der Waals surface area contributed by atoms with Crippen molar-refractivity contribution in [1.82, 2.24) is 4.72 Å². The average molecular weight is 309 g/mol. The molecule has 4 nitrogen and oxygen atoms in total. The summed E-state index contributed by atoms with van der Waals surface area (Å²) in [6, 6.07) is 12.7. The number of benzene rings is 2. The van der Waals surface area contributed by atoms with E-state index in [0.717, 1.165) is 0 Å². The Morgan fingerprint density at radius 3 is 2.48 bits per heavy atom. The van der Waals surface area contributed by atoms with Gasteiger partial charge in [-0.1, -0.05) is 42.5 Å². The maximum Gasteiger partial charge on any atom is 0.216 e. The molecule has 0 aliphatic carbocycles. The van der Waals surface area contributed by atoms with Crippen molar-refractivity contribution < 1.29 is 17.9 Å². The molecule has 21 heavy (non-hydrogen) atoms. The fourth-order valence-electron chi connectivity index (χ4n) is 1.92. The van der Waals surface area contributed by atoms with E-state index in [-0.39, 0.29) is 18.9 Å². The van der Waals surface area contributed by atoms with Crippen molar-refractivity contribution in [2.45, 2.75) is 18.9 Å². The van der Waals surface area contributed by atoms with Crippen LogP contribution in [-0.2, 0) is 28.9 Å². The number of halogens is 1. The van der Waals surface area contributed by atoms with Crippen molar-refractivity contribution in [2.24, 2.45) is 0 Å². The maximum atomic E-state index is 13.4. The molecule has 0 fully saturated rings. The largest absolute Gasteiger partial charge is 0.392 e. The van der Waals surface area contributed by atoms with Crippen LogP contribution in [0.5, 0.6) is 0 Å². The topological polar surface area (TPSA) is 66.4 Å². The lowest BCUT2D eigenvalue weighted by Crippen LogP contribution is -2.25. The number of rotatable bonds is 6. The van der Waals surface area contributed by atoms with E-state index in [1.165, 1.54) is 12.1 Å². The third-order valence-corrected chi connectivity index (χ3v) is 4.27. The van der Waals surface area contributed by atoms with E-state index in [2.05, 4.69) is 4.72 Å². The Balaban J connectivity index is 2.03. The number of aliphatic hydroxyl groups excluding tert-OH is 1. The van der Waals surface area contributed by atoms with Crippen LogP contribution in [0.4, 0.5) is 4.39 Å². The van der Waals surface area contributed by atoms with E-state index in [9.17, 15) is 12.8 Å². The zero-order valence-electron chi connectivity index (χ0n) is 11.3. The van der Waals surface area contributed by atoms with Crippen LogP contribution in [0.2, 0.25) is 0 Å². The Kier molecular flexibility index (Phi) is 5.06. The number of nitrogens with one attached hydrogen (secondary N) is 1. The van der Waals surface area contributed by atoms with Gasteiger partial charge in [0.2, 0.25) is 10.0 Å². The van der Waals surface area contributed by atoms with Crippen LogP contribution in [0.3, 0.4) is 0 Å². The van der Waals surface area contributed by atoms with Gasteiger partial charge in [0.15, 0.2) is 0 Å². The minimum absolute atomic E-state index is 0.0886. The van der Waals surface area contributed by atoms with Crippen molar-refractivity contribution in [3.63, 3.8) is 0 Å². The van der Waals surface area contributed by atoms with Crippen molar-refractivity contribution in [1.29, 1.82) is 0 Å². The Morgan fingerprint density at radius 2 is 1.76 bits per heavy atom. The predicted molar refractivity (Wildman–Crippen MR) is 78.2 cm³/mol. The second-order valence-corrected chi connectivity index (χ2v) is 6.46. The van der Waals surface area contributed by atoms with E-state index in [1.54, 1.807) is 36.4 Å². The van der Waals surface area contributed by atoms with Crippen LogP contribution in [0.25, 0.3) is 0 Å². The molecule has 0 heterocycles. The van der Waals surface area contributed by atoms with Crippen LogP contribution >= 0.6 is 0 Å². The first-order chi connectivity index (χ1) is 10.00. The lowest BCUT2D eigenvalue weighted by molar-refractivity contribution is 0.282. The molecule has 2 rings (SSSR count). The second kappa shape index (κ2) is 6.80. The predicted octanol–water partition coefficient (Wildman–Crippen LogP) is 1.94. The summed E-state index contributed by atoms with van der Waals surface area (Å²) in [5, 5.41) is 9.04. The third kappa shape index (κ3) is 4.63. The number of aliphatic hydroxyl groups is 1. The molecule has 0 bridgehead atoms. The van der Waals surface area contributed by atoms with Crippen molar-refractivity contribution in [3.05, 3.63) is 71.0 Å². The van der Waals surface area contributed by atoms with Gasteiger partial charge in [0.25, 0.3) is 0 Å². The summed E-state index contributed by atoms with van der Waals surface area (Å²) >= 11 is 0. The standard InChI is InChI=1S/C15H16FNO3S/c16-15-7-2-1-6-14(15)9-17-21(19,20)11-13-5-3-4-12(8-13)10-18/h1-8,17-18H,9-11H2. The summed E-state index contributed by atoms with van der Waals surface area (Å²) in [5.74, 6) is -0.655. The monoisotopic (exact) mass is 309 g/mol. The van der Waals surface area contributed by atoms with Gasteiger partial charge < -0.3 is 5.11 Å². The van der Waals surface area contributed by atoms with Crippen molar-refractivity contribution >= 4 is 10.0 Å². The van der Waals surface area contributed by atoms with Crippen LogP contribution in [0.1, 0.15) is 16.7 Å². The minimum atomic E-state index is -3.57. The van der Waals surface area contributed by atoms with Gasteiger partial charge in [-0.25, -0.2) is 17.5 Å². The first kappa shape index (κ1) is 15.6. The van der Waals surface area contributed by atoms with E-state index in [4.69, 9.17) is 5.11 Å². The Morgan fingerprint density at radius 1 is 1.05 bits per heavy atom. The molecule has 0 radical (unpaired) electrons. The summed E-state index contributed by atoms with van der Waals surface area (Å²) in [6.07, 6.45) is 0. The molecule has 0 aliphatic heterocycles. The number of hydrogen-bond donors (Lipinski definition) is 2. The van der Waals surface area contributed by atoms with Gasteiger partial charge in [-0.3, -0.25) is 0 Å². The van der Waals surface area contributed by atoms with Crippen LogP contribution in [0, 0.1) is 5.82 Å². The first-order valence-electron chi connectivity index (χ1n) is 6.39. The fourth-order valence-corrected chi connectivity index (χ4v) is 3.01. The van der Waals surface area contributed by atoms with Crippen molar-refractivity contribution in [2.75, 3.05) is 0 Å². The quantitative estimate of drug-likeness (QED) is 0.857. The Hall–Kier alpha value is -1.76. The highest BCUT2D eigenvalue weighted by Crippen LogP contribution is 2.10. The summed E-state index contributed by atoms with van der Waals surface area (Å²) < 4.78 is 39.8. The van der Waals surface area contributed by atoms with Gasteiger partial charge in [0.1, 0.15) is 5.82 Å². The highest BCUT2D eigenvalue weighted by Gasteiger charge is 2.12. The molecule has 0 saturated carbocycles. The van der Waals surface area contributed by atoms with Gasteiger partial charge in [0, 0.05) is 12.1 Å². The smallest absolute Gasteiger partial charge is 0.216 e. The molecular formula is C15H16FNO3S. The van der Waals surface area contributed by atoms with Crippen LogP contribution in [0.15, 0.2) is 48.5 Å².